The highest BCUT2D eigenvalue weighted by Gasteiger charge is 2.20. The molecule has 0 aliphatic rings. The van der Waals surface area contributed by atoms with E-state index >= 15 is 0 Å². The van der Waals surface area contributed by atoms with E-state index in [1.807, 2.05) is 27.0 Å². The fourth-order valence-corrected chi connectivity index (χ4v) is 4.96. The summed E-state index contributed by atoms with van der Waals surface area (Å²) < 4.78 is 28.9. The number of anilines is 1. The Labute approximate surface area is 137 Å². The number of nitrogens with one attached hydrogen (secondary N) is 2. The lowest BCUT2D eigenvalue weighted by molar-refractivity contribution is 0.603. The zero-order valence-corrected chi connectivity index (χ0v) is 15.2. The van der Waals surface area contributed by atoms with Crippen molar-refractivity contribution in [1.29, 1.82) is 0 Å². The molecular formula is C14H17BrN2O2S2. The van der Waals surface area contributed by atoms with E-state index in [-0.39, 0.29) is 0 Å². The lowest BCUT2D eigenvalue weighted by atomic mass is 10.2. The summed E-state index contributed by atoms with van der Waals surface area (Å²) in [6, 6.07) is 7.16. The van der Waals surface area contributed by atoms with Gasteiger partial charge in [-0.3, -0.25) is 4.72 Å². The largest absolute Gasteiger partial charge is 0.315 e. The van der Waals surface area contributed by atoms with E-state index in [1.165, 1.54) is 11.3 Å². The topological polar surface area (TPSA) is 58.2 Å². The first-order chi connectivity index (χ1) is 9.85. The molecule has 2 rings (SSSR count). The minimum atomic E-state index is -3.55. The van der Waals surface area contributed by atoms with Crippen molar-refractivity contribution in [3.63, 3.8) is 0 Å². The van der Waals surface area contributed by atoms with Crippen molar-refractivity contribution in [1.82, 2.24) is 5.32 Å². The SMILES string of the molecule is CNCc1sc(S(=O)(=O)Nc2cccc(Br)c2C)cc1C. The van der Waals surface area contributed by atoms with Gasteiger partial charge in [-0.2, -0.15) is 0 Å². The first-order valence-electron chi connectivity index (χ1n) is 6.37. The monoisotopic (exact) mass is 388 g/mol. The minimum absolute atomic E-state index is 0.338. The standard InChI is InChI=1S/C14H17BrN2O2S2/c1-9-7-14(20-13(9)8-16-3)21(18,19)17-12-6-4-5-11(15)10(12)2/h4-7,16-17H,8H2,1-3H3. The van der Waals surface area contributed by atoms with Crippen molar-refractivity contribution in [2.75, 3.05) is 11.8 Å². The van der Waals surface area contributed by atoms with Gasteiger partial charge in [-0.25, -0.2) is 8.42 Å². The van der Waals surface area contributed by atoms with Gasteiger partial charge in [-0.1, -0.05) is 22.0 Å². The number of hydrogen-bond acceptors (Lipinski definition) is 4. The van der Waals surface area contributed by atoms with Crippen molar-refractivity contribution in [2.45, 2.75) is 24.6 Å². The average Bonchev–Trinajstić information content (AvgIpc) is 2.78. The molecule has 1 aromatic heterocycles. The number of thiophene rings is 1. The summed E-state index contributed by atoms with van der Waals surface area (Å²) in [5.74, 6) is 0. The van der Waals surface area contributed by atoms with E-state index in [4.69, 9.17) is 0 Å². The number of rotatable bonds is 5. The van der Waals surface area contributed by atoms with E-state index in [1.54, 1.807) is 18.2 Å². The Hall–Kier alpha value is -0.890. The van der Waals surface area contributed by atoms with Crippen LogP contribution in [0.15, 0.2) is 32.9 Å². The van der Waals surface area contributed by atoms with Crippen molar-refractivity contribution >= 4 is 43.0 Å². The summed E-state index contributed by atoms with van der Waals surface area (Å²) in [5, 5.41) is 3.04. The predicted octanol–water partition coefficient (Wildman–Crippen LogP) is 3.65. The van der Waals surface area contributed by atoms with Gasteiger partial charge in [0.15, 0.2) is 0 Å². The Morgan fingerprint density at radius 3 is 2.67 bits per heavy atom. The van der Waals surface area contributed by atoms with E-state index in [0.29, 0.717) is 16.4 Å². The van der Waals surface area contributed by atoms with Gasteiger partial charge < -0.3 is 5.32 Å². The lowest BCUT2D eigenvalue weighted by Gasteiger charge is -2.10. The molecule has 0 atom stereocenters. The van der Waals surface area contributed by atoms with Gasteiger partial charge in [0.05, 0.1) is 5.69 Å². The van der Waals surface area contributed by atoms with Gasteiger partial charge in [0.25, 0.3) is 10.0 Å². The highest BCUT2D eigenvalue weighted by atomic mass is 79.9. The third-order valence-electron chi connectivity index (χ3n) is 3.11. The summed E-state index contributed by atoms with van der Waals surface area (Å²) in [4.78, 5) is 1.03. The van der Waals surface area contributed by atoms with Crippen molar-refractivity contribution in [2.24, 2.45) is 0 Å². The molecule has 0 saturated carbocycles. The van der Waals surface area contributed by atoms with Crippen LogP contribution < -0.4 is 10.0 Å². The van der Waals surface area contributed by atoms with Crippen molar-refractivity contribution in [3.8, 4) is 0 Å². The summed E-state index contributed by atoms with van der Waals surface area (Å²) in [6.07, 6.45) is 0. The number of hydrogen-bond donors (Lipinski definition) is 2. The summed E-state index contributed by atoms with van der Waals surface area (Å²) in [7, 11) is -1.71. The molecule has 0 bridgehead atoms. The van der Waals surface area contributed by atoms with E-state index in [2.05, 4.69) is 26.0 Å². The number of halogens is 1. The molecule has 2 N–H and O–H groups in total. The molecule has 0 radical (unpaired) electrons. The molecule has 21 heavy (non-hydrogen) atoms. The smallest absolute Gasteiger partial charge is 0.271 e. The second-order valence-corrected chi connectivity index (χ2v) is 8.62. The Morgan fingerprint density at radius 2 is 2.00 bits per heavy atom. The highest BCUT2D eigenvalue weighted by molar-refractivity contribution is 9.10. The zero-order chi connectivity index (χ0) is 15.6. The van der Waals surface area contributed by atoms with Gasteiger partial charge in [0, 0.05) is 15.9 Å². The van der Waals surface area contributed by atoms with Crippen LogP contribution in [0.2, 0.25) is 0 Å². The van der Waals surface area contributed by atoms with Gasteiger partial charge in [0.1, 0.15) is 4.21 Å². The maximum absolute atomic E-state index is 12.5. The number of sulfonamides is 1. The van der Waals surface area contributed by atoms with Crippen LogP contribution in [0.25, 0.3) is 0 Å². The summed E-state index contributed by atoms with van der Waals surface area (Å²) >= 11 is 4.70. The molecule has 0 aliphatic heterocycles. The normalized spacial score (nSPS) is 11.6. The second-order valence-electron chi connectivity index (χ2n) is 4.72. The molecule has 0 aliphatic carbocycles. The Morgan fingerprint density at radius 1 is 1.29 bits per heavy atom. The Bertz CT molecular complexity index is 754. The highest BCUT2D eigenvalue weighted by Crippen LogP contribution is 2.30. The molecule has 0 amide bonds. The third-order valence-corrected chi connectivity index (χ3v) is 7.05. The van der Waals surface area contributed by atoms with Crippen LogP contribution in [0.1, 0.15) is 16.0 Å². The quantitative estimate of drug-likeness (QED) is 0.821. The van der Waals surface area contributed by atoms with Crippen LogP contribution in [0.4, 0.5) is 5.69 Å². The third kappa shape index (κ3) is 3.66. The van der Waals surface area contributed by atoms with Crippen LogP contribution in [-0.4, -0.2) is 15.5 Å². The van der Waals surface area contributed by atoms with Gasteiger partial charge >= 0.3 is 0 Å². The maximum atomic E-state index is 12.5. The van der Waals surface area contributed by atoms with Gasteiger partial charge in [0.2, 0.25) is 0 Å². The van der Waals surface area contributed by atoms with Crippen molar-refractivity contribution in [3.05, 3.63) is 44.7 Å². The first-order valence-corrected chi connectivity index (χ1v) is 9.46. The minimum Gasteiger partial charge on any atom is -0.315 e. The molecule has 0 unspecified atom stereocenters. The summed E-state index contributed by atoms with van der Waals surface area (Å²) in [5.41, 5.74) is 2.44. The molecule has 2 aromatic rings. The predicted molar refractivity (Wildman–Crippen MR) is 91.5 cm³/mol. The molecule has 1 heterocycles. The summed E-state index contributed by atoms with van der Waals surface area (Å²) in [6.45, 7) is 4.46. The fraction of sp³-hybridized carbons (Fsp3) is 0.286. The van der Waals surface area contributed by atoms with Crippen LogP contribution in [0.5, 0.6) is 0 Å². The Balaban J connectivity index is 2.34. The molecule has 7 heteroatoms. The Kier molecular flexibility index (Phi) is 5.08. The molecule has 4 nitrogen and oxygen atoms in total. The van der Waals surface area contributed by atoms with E-state index in [0.717, 1.165) is 20.5 Å². The maximum Gasteiger partial charge on any atom is 0.271 e. The van der Waals surface area contributed by atoms with Crippen LogP contribution in [0.3, 0.4) is 0 Å². The average molecular weight is 389 g/mol. The van der Waals surface area contributed by atoms with Crippen molar-refractivity contribution < 1.29 is 8.42 Å². The molecule has 0 fully saturated rings. The van der Waals surface area contributed by atoms with Gasteiger partial charge in [-0.05, 0) is 50.2 Å². The zero-order valence-electron chi connectivity index (χ0n) is 12.0. The van der Waals surface area contributed by atoms with E-state index < -0.39 is 10.0 Å². The second kappa shape index (κ2) is 6.48. The van der Waals surface area contributed by atoms with Crippen LogP contribution in [0, 0.1) is 13.8 Å². The molecular weight excluding hydrogens is 372 g/mol. The molecule has 0 saturated heterocycles. The molecule has 0 spiro atoms. The lowest BCUT2D eigenvalue weighted by Crippen LogP contribution is -2.12. The van der Waals surface area contributed by atoms with Crippen LogP contribution in [-0.2, 0) is 16.6 Å². The molecule has 114 valence electrons. The number of aryl methyl sites for hydroxylation is 1. The van der Waals surface area contributed by atoms with Gasteiger partial charge in [-0.15, -0.1) is 11.3 Å². The molecule has 1 aromatic carbocycles. The number of benzene rings is 1. The van der Waals surface area contributed by atoms with E-state index in [9.17, 15) is 8.42 Å². The fourth-order valence-electron chi connectivity index (χ4n) is 1.87. The van der Waals surface area contributed by atoms with Crippen LogP contribution >= 0.6 is 27.3 Å². The first kappa shape index (κ1) is 16.5.